The molecule has 0 saturated carbocycles. The lowest BCUT2D eigenvalue weighted by molar-refractivity contribution is -0.131. The van der Waals surface area contributed by atoms with E-state index in [1.807, 2.05) is 20.8 Å². The van der Waals surface area contributed by atoms with Gasteiger partial charge in [-0.15, -0.1) is 0 Å². The van der Waals surface area contributed by atoms with E-state index in [9.17, 15) is 9.59 Å². The van der Waals surface area contributed by atoms with Crippen LogP contribution in [0.5, 0.6) is 11.5 Å². The molecule has 0 spiro atoms. The molecule has 140 valence electrons. The van der Waals surface area contributed by atoms with Crippen LogP contribution in [0, 0.1) is 0 Å². The van der Waals surface area contributed by atoms with Gasteiger partial charge in [0.2, 0.25) is 11.9 Å². The minimum absolute atomic E-state index is 0.0130. The third-order valence-electron chi connectivity index (χ3n) is 3.39. The van der Waals surface area contributed by atoms with Crippen molar-refractivity contribution in [1.82, 2.24) is 5.32 Å². The van der Waals surface area contributed by atoms with Gasteiger partial charge in [-0.05, 0) is 45.0 Å². The average Bonchev–Trinajstić information content (AvgIpc) is 3.12. The second kappa shape index (κ2) is 7.95. The van der Waals surface area contributed by atoms with E-state index in [-0.39, 0.29) is 5.76 Å². The first-order valence-corrected chi connectivity index (χ1v) is 8.03. The second-order valence-corrected chi connectivity index (χ2v) is 6.62. The van der Waals surface area contributed by atoms with Crippen molar-refractivity contribution in [3.63, 3.8) is 0 Å². The van der Waals surface area contributed by atoms with Crippen molar-refractivity contribution in [2.75, 3.05) is 14.2 Å². The molecule has 0 aliphatic heterocycles. The van der Waals surface area contributed by atoms with Crippen molar-refractivity contribution in [2.24, 2.45) is 0 Å². The fourth-order valence-corrected chi connectivity index (χ4v) is 2.28. The van der Waals surface area contributed by atoms with E-state index in [0.29, 0.717) is 17.1 Å². The molecule has 26 heavy (non-hydrogen) atoms. The Bertz CT molecular complexity index is 761. The Morgan fingerprint density at radius 3 is 2.31 bits per heavy atom. The van der Waals surface area contributed by atoms with Crippen LogP contribution >= 0.6 is 0 Å². The van der Waals surface area contributed by atoms with Crippen molar-refractivity contribution in [3.8, 4) is 11.5 Å². The third-order valence-corrected chi connectivity index (χ3v) is 3.39. The molecule has 1 aromatic heterocycles. The van der Waals surface area contributed by atoms with Gasteiger partial charge in [-0.1, -0.05) is 6.07 Å². The summed E-state index contributed by atoms with van der Waals surface area (Å²) in [5, 5.41) is 2.82. The molecular formula is C19H23NO6. The van der Waals surface area contributed by atoms with E-state index in [0.717, 1.165) is 0 Å². The van der Waals surface area contributed by atoms with Gasteiger partial charge in [0.25, 0.3) is 5.91 Å². The second-order valence-electron chi connectivity index (χ2n) is 6.62. The number of esters is 1. The van der Waals surface area contributed by atoms with Crippen molar-refractivity contribution < 1.29 is 28.2 Å². The molecular weight excluding hydrogens is 338 g/mol. The van der Waals surface area contributed by atoms with Crippen LogP contribution < -0.4 is 14.8 Å². The number of carbonyl (C=O) groups is 2. The molecule has 7 heteroatoms. The first-order valence-electron chi connectivity index (χ1n) is 8.03. The van der Waals surface area contributed by atoms with Crippen LogP contribution in [0.25, 0.3) is 0 Å². The Morgan fingerprint density at radius 1 is 1.08 bits per heavy atom. The summed E-state index contributed by atoms with van der Waals surface area (Å²) in [5.41, 5.74) is -0.0486. The van der Waals surface area contributed by atoms with Crippen molar-refractivity contribution in [3.05, 3.63) is 47.9 Å². The molecule has 0 bridgehead atoms. The summed E-state index contributed by atoms with van der Waals surface area (Å²) < 4.78 is 20.9. The molecule has 0 saturated heterocycles. The zero-order valence-electron chi connectivity index (χ0n) is 15.5. The number of benzene rings is 1. The van der Waals surface area contributed by atoms with Gasteiger partial charge in [-0.3, -0.25) is 4.79 Å². The Labute approximate surface area is 152 Å². The topological polar surface area (TPSA) is 87.0 Å². The van der Waals surface area contributed by atoms with Crippen molar-refractivity contribution in [1.29, 1.82) is 0 Å². The summed E-state index contributed by atoms with van der Waals surface area (Å²) in [4.78, 5) is 25.0. The SMILES string of the molecule is COc1ccc(C(OC(=O)c2ccco2)C(=O)NC(C)(C)C)cc1OC. The van der Waals surface area contributed by atoms with Crippen molar-refractivity contribution >= 4 is 11.9 Å². The zero-order valence-corrected chi connectivity index (χ0v) is 15.5. The lowest BCUT2D eigenvalue weighted by atomic mass is 10.0. The predicted molar refractivity (Wildman–Crippen MR) is 94.3 cm³/mol. The molecule has 1 unspecified atom stereocenters. The summed E-state index contributed by atoms with van der Waals surface area (Å²) in [6, 6.07) is 7.92. The number of rotatable bonds is 6. The van der Waals surface area contributed by atoms with Crippen LogP contribution in [0.1, 0.15) is 43.0 Å². The lowest BCUT2D eigenvalue weighted by Gasteiger charge is -2.25. The first-order chi connectivity index (χ1) is 12.2. The number of hydrogen-bond acceptors (Lipinski definition) is 6. The van der Waals surface area contributed by atoms with Crippen LogP contribution in [0.4, 0.5) is 0 Å². The molecule has 0 aliphatic rings. The van der Waals surface area contributed by atoms with E-state index in [4.69, 9.17) is 18.6 Å². The Balaban J connectivity index is 2.36. The highest BCUT2D eigenvalue weighted by Crippen LogP contribution is 2.32. The summed E-state index contributed by atoms with van der Waals surface area (Å²) >= 11 is 0. The van der Waals surface area contributed by atoms with Gasteiger partial charge in [0.15, 0.2) is 11.5 Å². The van der Waals surface area contributed by atoms with E-state index >= 15 is 0 Å². The maximum Gasteiger partial charge on any atom is 0.375 e. The molecule has 1 aromatic carbocycles. The molecule has 0 aliphatic carbocycles. The van der Waals surface area contributed by atoms with Gasteiger partial charge in [-0.25, -0.2) is 4.79 Å². The number of furan rings is 1. The molecule has 0 fully saturated rings. The highest BCUT2D eigenvalue weighted by Gasteiger charge is 2.30. The molecule has 7 nitrogen and oxygen atoms in total. The van der Waals surface area contributed by atoms with Gasteiger partial charge < -0.3 is 23.9 Å². The van der Waals surface area contributed by atoms with Crippen molar-refractivity contribution in [2.45, 2.75) is 32.4 Å². The van der Waals surface area contributed by atoms with Gasteiger partial charge in [0, 0.05) is 11.1 Å². The van der Waals surface area contributed by atoms with Gasteiger partial charge in [0.05, 0.1) is 20.5 Å². The summed E-state index contributed by atoms with van der Waals surface area (Å²) in [7, 11) is 3.00. The minimum Gasteiger partial charge on any atom is -0.493 e. The molecule has 0 radical (unpaired) electrons. The van der Waals surface area contributed by atoms with Gasteiger partial charge in [0.1, 0.15) is 0 Å². The summed E-state index contributed by atoms with van der Waals surface area (Å²) in [6.45, 7) is 5.51. The van der Waals surface area contributed by atoms with Crippen LogP contribution in [-0.4, -0.2) is 31.6 Å². The monoisotopic (exact) mass is 361 g/mol. The third kappa shape index (κ3) is 4.78. The van der Waals surface area contributed by atoms with E-state index in [1.165, 1.54) is 26.5 Å². The summed E-state index contributed by atoms with van der Waals surface area (Å²) in [5.74, 6) is -0.251. The molecule has 1 atom stereocenters. The number of amides is 1. The number of nitrogens with one attached hydrogen (secondary N) is 1. The fraction of sp³-hybridized carbons (Fsp3) is 0.368. The van der Waals surface area contributed by atoms with Crippen LogP contribution in [0.2, 0.25) is 0 Å². The predicted octanol–water partition coefficient (Wildman–Crippen LogP) is 3.11. The molecule has 1 N–H and O–H groups in total. The standard InChI is InChI=1S/C19H23NO6/c1-19(2,3)20-17(21)16(26-18(22)14-7-6-10-25-14)12-8-9-13(23-4)15(11-12)24-5/h6-11,16H,1-5H3,(H,20,21). The fourth-order valence-electron chi connectivity index (χ4n) is 2.28. The highest BCUT2D eigenvalue weighted by molar-refractivity contribution is 5.91. The zero-order chi connectivity index (χ0) is 19.3. The number of ether oxygens (including phenoxy) is 3. The molecule has 2 aromatic rings. The minimum atomic E-state index is -1.17. The number of carbonyl (C=O) groups excluding carboxylic acids is 2. The normalized spacial score (nSPS) is 12.2. The average molecular weight is 361 g/mol. The van der Waals surface area contributed by atoms with E-state index in [1.54, 1.807) is 24.3 Å². The van der Waals surface area contributed by atoms with Gasteiger partial charge in [-0.2, -0.15) is 0 Å². The molecule has 1 heterocycles. The van der Waals surface area contributed by atoms with E-state index < -0.39 is 23.5 Å². The Morgan fingerprint density at radius 2 is 1.77 bits per heavy atom. The Hall–Kier alpha value is -2.96. The number of methoxy groups -OCH3 is 2. The lowest BCUT2D eigenvalue weighted by Crippen LogP contribution is -2.44. The quantitative estimate of drug-likeness (QED) is 0.796. The smallest absolute Gasteiger partial charge is 0.375 e. The van der Waals surface area contributed by atoms with Crippen LogP contribution in [-0.2, 0) is 9.53 Å². The van der Waals surface area contributed by atoms with Crippen LogP contribution in [0.3, 0.4) is 0 Å². The molecule has 1 amide bonds. The largest absolute Gasteiger partial charge is 0.493 e. The maximum absolute atomic E-state index is 12.7. The first kappa shape index (κ1) is 19.4. The highest BCUT2D eigenvalue weighted by atomic mass is 16.6. The van der Waals surface area contributed by atoms with Crippen LogP contribution in [0.15, 0.2) is 41.0 Å². The summed E-state index contributed by atoms with van der Waals surface area (Å²) in [6.07, 6.45) is 0.184. The maximum atomic E-state index is 12.7. The van der Waals surface area contributed by atoms with E-state index in [2.05, 4.69) is 5.32 Å². The molecule has 2 rings (SSSR count). The number of hydrogen-bond donors (Lipinski definition) is 1. The Kier molecular flexibility index (Phi) is 5.92. The van der Waals surface area contributed by atoms with Gasteiger partial charge >= 0.3 is 5.97 Å².